The van der Waals surface area contributed by atoms with Crippen molar-refractivity contribution in [2.45, 2.75) is 43.9 Å². The van der Waals surface area contributed by atoms with Crippen molar-refractivity contribution in [3.63, 3.8) is 0 Å². The highest BCUT2D eigenvalue weighted by molar-refractivity contribution is 5.49. The van der Waals surface area contributed by atoms with E-state index in [-0.39, 0.29) is 5.41 Å². The van der Waals surface area contributed by atoms with Gasteiger partial charge in [-0.25, -0.2) is 4.98 Å². The molecule has 0 bridgehead atoms. The Kier molecular flexibility index (Phi) is 2.21. The summed E-state index contributed by atoms with van der Waals surface area (Å²) in [4.78, 5) is 7.70. The second-order valence-electron chi connectivity index (χ2n) is 6.45. The third-order valence-corrected chi connectivity index (χ3v) is 5.56. The SMILES string of the molecule is CC1CC2c3ccccc3C(C)C2(c2cnc[nH]2)C1. The lowest BCUT2D eigenvalue weighted by Crippen LogP contribution is -2.30. The van der Waals surface area contributed by atoms with Gasteiger partial charge in [-0.1, -0.05) is 38.1 Å². The maximum atomic E-state index is 4.29. The second-order valence-corrected chi connectivity index (χ2v) is 6.45. The average molecular weight is 252 g/mol. The van der Waals surface area contributed by atoms with Crippen molar-refractivity contribution >= 4 is 0 Å². The zero-order valence-electron chi connectivity index (χ0n) is 11.6. The molecule has 0 aliphatic heterocycles. The van der Waals surface area contributed by atoms with Gasteiger partial charge in [0.1, 0.15) is 0 Å². The number of hydrogen-bond donors (Lipinski definition) is 1. The summed E-state index contributed by atoms with van der Waals surface area (Å²) in [5.41, 5.74) is 4.72. The Balaban J connectivity index is 1.95. The first kappa shape index (κ1) is 11.3. The molecule has 1 fully saturated rings. The Hall–Kier alpha value is -1.57. The molecule has 0 amide bonds. The Labute approximate surface area is 114 Å². The van der Waals surface area contributed by atoms with Gasteiger partial charge in [-0.3, -0.25) is 0 Å². The van der Waals surface area contributed by atoms with Crippen molar-refractivity contribution in [3.8, 4) is 0 Å². The minimum absolute atomic E-state index is 0.250. The Morgan fingerprint density at radius 1 is 1.21 bits per heavy atom. The number of hydrogen-bond acceptors (Lipinski definition) is 1. The summed E-state index contributed by atoms with van der Waals surface area (Å²) < 4.78 is 0. The highest BCUT2D eigenvalue weighted by Crippen LogP contribution is 2.64. The number of benzene rings is 1. The minimum atomic E-state index is 0.250. The molecule has 4 unspecified atom stereocenters. The van der Waals surface area contributed by atoms with Gasteiger partial charge in [-0.15, -0.1) is 0 Å². The summed E-state index contributed by atoms with van der Waals surface area (Å²) in [5, 5.41) is 0. The number of aromatic nitrogens is 2. The van der Waals surface area contributed by atoms with E-state index < -0.39 is 0 Å². The largest absolute Gasteiger partial charge is 0.348 e. The molecule has 0 radical (unpaired) electrons. The van der Waals surface area contributed by atoms with Crippen molar-refractivity contribution in [1.29, 1.82) is 0 Å². The monoisotopic (exact) mass is 252 g/mol. The number of imidazole rings is 1. The van der Waals surface area contributed by atoms with Crippen molar-refractivity contribution in [1.82, 2.24) is 9.97 Å². The lowest BCUT2D eigenvalue weighted by Gasteiger charge is -2.33. The fourth-order valence-corrected chi connectivity index (χ4v) is 4.84. The molecular formula is C17H20N2. The zero-order valence-corrected chi connectivity index (χ0v) is 11.6. The molecule has 2 nitrogen and oxygen atoms in total. The van der Waals surface area contributed by atoms with Gasteiger partial charge in [0.2, 0.25) is 0 Å². The molecule has 0 spiro atoms. The van der Waals surface area contributed by atoms with Gasteiger partial charge in [0.15, 0.2) is 0 Å². The van der Waals surface area contributed by atoms with Gasteiger partial charge >= 0.3 is 0 Å². The van der Waals surface area contributed by atoms with Crippen LogP contribution in [0.5, 0.6) is 0 Å². The standard InChI is InChI=1S/C17H20N2/c1-11-7-15-14-6-4-3-5-13(14)12(2)17(15,8-11)16-9-18-10-19-16/h3-6,9-12,15H,7-8H2,1-2H3,(H,18,19). The van der Waals surface area contributed by atoms with Crippen LogP contribution in [0, 0.1) is 5.92 Å². The number of aromatic amines is 1. The summed E-state index contributed by atoms with van der Waals surface area (Å²) in [6, 6.07) is 9.03. The smallest absolute Gasteiger partial charge is 0.0921 e. The predicted octanol–water partition coefficient (Wildman–Crippen LogP) is 3.98. The molecule has 19 heavy (non-hydrogen) atoms. The van der Waals surface area contributed by atoms with E-state index in [4.69, 9.17) is 0 Å². The summed E-state index contributed by atoms with van der Waals surface area (Å²) in [6.07, 6.45) is 6.46. The molecule has 1 aromatic carbocycles. The Morgan fingerprint density at radius 3 is 2.74 bits per heavy atom. The van der Waals surface area contributed by atoms with Crippen LogP contribution < -0.4 is 0 Å². The number of fused-ring (bicyclic) bond motifs is 3. The van der Waals surface area contributed by atoms with E-state index in [9.17, 15) is 0 Å². The molecule has 1 heterocycles. The molecule has 98 valence electrons. The van der Waals surface area contributed by atoms with Gasteiger partial charge < -0.3 is 4.98 Å². The fourth-order valence-electron chi connectivity index (χ4n) is 4.84. The maximum Gasteiger partial charge on any atom is 0.0921 e. The van der Waals surface area contributed by atoms with Crippen LogP contribution in [0.25, 0.3) is 0 Å². The van der Waals surface area contributed by atoms with Crippen LogP contribution >= 0.6 is 0 Å². The summed E-state index contributed by atoms with van der Waals surface area (Å²) >= 11 is 0. The topological polar surface area (TPSA) is 28.7 Å². The highest BCUT2D eigenvalue weighted by atomic mass is 14.9. The molecule has 4 rings (SSSR count). The second kappa shape index (κ2) is 3.72. The lowest BCUT2D eigenvalue weighted by atomic mass is 9.70. The minimum Gasteiger partial charge on any atom is -0.348 e. The van der Waals surface area contributed by atoms with E-state index in [1.807, 2.05) is 12.5 Å². The van der Waals surface area contributed by atoms with Crippen LogP contribution in [0.3, 0.4) is 0 Å². The average Bonchev–Trinajstić information content (AvgIpc) is 3.08. The van der Waals surface area contributed by atoms with Crippen LogP contribution in [-0.2, 0) is 5.41 Å². The predicted molar refractivity (Wildman–Crippen MR) is 76.3 cm³/mol. The maximum absolute atomic E-state index is 4.29. The molecule has 2 aliphatic rings. The number of nitrogens with one attached hydrogen (secondary N) is 1. The third-order valence-electron chi connectivity index (χ3n) is 5.56. The van der Waals surface area contributed by atoms with Gasteiger partial charge in [0.05, 0.1) is 6.33 Å². The first-order valence-electron chi connectivity index (χ1n) is 7.31. The van der Waals surface area contributed by atoms with Crippen molar-refractivity contribution in [2.24, 2.45) is 5.92 Å². The van der Waals surface area contributed by atoms with Gasteiger partial charge in [-0.2, -0.15) is 0 Å². The molecule has 1 N–H and O–H groups in total. The van der Waals surface area contributed by atoms with E-state index >= 15 is 0 Å². The first-order chi connectivity index (χ1) is 9.23. The molecule has 1 aromatic heterocycles. The highest BCUT2D eigenvalue weighted by Gasteiger charge is 2.57. The zero-order chi connectivity index (χ0) is 13.0. The van der Waals surface area contributed by atoms with Gasteiger partial charge in [0.25, 0.3) is 0 Å². The van der Waals surface area contributed by atoms with Crippen molar-refractivity contribution < 1.29 is 0 Å². The van der Waals surface area contributed by atoms with Crippen molar-refractivity contribution in [2.75, 3.05) is 0 Å². The molecular weight excluding hydrogens is 232 g/mol. The summed E-state index contributed by atoms with van der Waals surface area (Å²) in [7, 11) is 0. The van der Waals surface area contributed by atoms with Crippen molar-refractivity contribution in [3.05, 3.63) is 53.6 Å². The van der Waals surface area contributed by atoms with E-state index in [1.165, 1.54) is 18.5 Å². The summed E-state index contributed by atoms with van der Waals surface area (Å²) in [6.45, 7) is 4.80. The third kappa shape index (κ3) is 1.29. The fraction of sp³-hybridized carbons (Fsp3) is 0.471. The van der Waals surface area contributed by atoms with Crippen LogP contribution in [-0.4, -0.2) is 9.97 Å². The lowest BCUT2D eigenvalue weighted by molar-refractivity contribution is 0.346. The molecule has 2 aromatic rings. The summed E-state index contributed by atoms with van der Waals surface area (Å²) in [5.74, 6) is 2.04. The van der Waals surface area contributed by atoms with E-state index in [0.717, 1.165) is 5.92 Å². The van der Waals surface area contributed by atoms with E-state index in [1.54, 1.807) is 11.1 Å². The van der Waals surface area contributed by atoms with Gasteiger partial charge in [0, 0.05) is 17.3 Å². The molecule has 1 saturated carbocycles. The molecule has 0 saturated heterocycles. The normalized spacial score (nSPS) is 36.2. The van der Waals surface area contributed by atoms with Gasteiger partial charge in [-0.05, 0) is 41.7 Å². The number of nitrogens with zero attached hydrogens (tertiary/aromatic N) is 1. The Morgan fingerprint density at radius 2 is 2.00 bits per heavy atom. The molecule has 2 heteroatoms. The first-order valence-corrected chi connectivity index (χ1v) is 7.31. The van der Waals surface area contributed by atoms with Crippen LogP contribution in [0.15, 0.2) is 36.8 Å². The van der Waals surface area contributed by atoms with Crippen LogP contribution in [0.2, 0.25) is 0 Å². The molecule has 2 aliphatic carbocycles. The van der Waals surface area contributed by atoms with Crippen LogP contribution in [0.1, 0.15) is 55.3 Å². The number of H-pyrrole nitrogens is 1. The molecule has 4 atom stereocenters. The Bertz CT molecular complexity index is 601. The van der Waals surface area contributed by atoms with E-state index in [0.29, 0.717) is 11.8 Å². The van der Waals surface area contributed by atoms with E-state index in [2.05, 4.69) is 48.1 Å². The van der Waals surface area contributed by atoms with Crippen LogP contribution in [0.4, 0.5) is 0 Å². The quantitative estimate of drug-likeness (QED) is 0.817. The number of rotatable bonds is 1.